The summed E-state index contributed by atoms with van der Waals surface area (Å²) in [5.74, 6) is 0.811. The Bertz CT molecular complexity index is 1160. The van der Waals surface area contributed by atoms with Crippen LogP contribution >= 0.6 is 22.9 Å². The number of aromatic nitrogens is 4. The van der Waals surface area contributed by atoms with Gasteiger partial charge in [0, 0.05) is 15.9 Å². The van der Waals surface area contributed by atoms with E-state index in [9.17, 15) is 0 Å². The third-order valence-corrected chi connectivity index (χ3v) is 7.00. The summed E-state index contributed by atoms with van der Waals surface area (Å²) in [6, 6.07) is 8.24. The first-order chi connectivity index (χ1) is 13.3. The summed E-state index contributed by atoms with van der Waals surface area (Å²) in [6.07, 6.45) is 6.20. The first-order valence-electron chi connectivity index (χ1n) is 9.18. The minimum Gasteiger partial charge on any atom is -0.250 e. The van der Waals surface area contributed by atoms with Crippen LogP contribution in [0.2, 0.25) is 5.02 Å². The van der Waals surface area contributed by atoms with Gasteiger partial charge in [-0.2, -0.15) is 0 Å². The molecule has 2 N–H and O–H groups in total. The number of benzene rings is 1. The lowest BCUT2D eigenvalue weighted by Crippen LogP contribution is -2.27. The molecule has 4 aromatic rings. The van der Waals surface area contributed by atoms with E-state index in [-0.39, 0.29) is 12.1 Å². The molecule has 2 atom stereocenters. The molecule has 6 rings (SSSR count). The fourth-order valence-corrected chi connectivity index (χ4v) is 5.55. The molecule has 1 saturated heterocycles. The zero-order valence-corrected chi connectivity index (χ0v) is 16.0. The molecule has 0 bridgehead atoms. The molecule has 1 aromatic carbocycles. The number of hydrogen-bond acceptors (Lipinski definition) is 6. The number of thiophene rings is 1. The molecule has 8 heteroatoms. The topological polar surface area (TPSA) is 67.1 Å². The van der Waals surface area contributed by atoms with Crippen molar-refractivity contribution in [3.8, 4) is 0 Å². The Balaban J connectivity index is 1.36. The lowest BCUT2D eigenvalue weighted by Gasteiger charge is -2.08. The van der Waals surface area contributed by atoms with E-state index >= 15 is 0 Å². The SMILES string of the molecule is Clc1ccc(C2CC(c3nc4c5c6c(sc5ncn4n3)CCC6)NN2)cc1. The van der Waals surface area contributed by atoms with E-state index in [0.717, 1.165) is 34.2 Å². The van der Waals surface area contributed by atoms with Crippen LogP contribution in [0.15, 0.2) is 30.6 Å². The minimum atomic E-state index is 0.0623. The van der Waals surface area contributed by atoms with Crippen LogP contribution in [0.3, 0.4) is 0 Å². The van der Waals surface area contributed by atoms with Crippen molar-refractivity contribution in [2.75, 3.05) is 0 Å². The number of nitrogens with zero attached hydrogens (tertiary/aromatic N) is 4. The highest BCUT2D eigenvalue weighted by Gasteiger charge is 2.30. The van der Waals surface area contributed by atoms with Gasteiger partial charge in [-0.05, 0) is 48.9 Å². The number of rotatable bonds is 2. The van der Waals surface area contributed by atoms with E-state index in [0.29, 0.717) is 0 Å². The van der Waals surface area contributed by atoms with Crippen molar-refractivity contribution >= 4 is 38.8 Å². The van der Waals surface area contributed by atoms with E-state index in [1.54, 1.807) is 6.33 Å². The molecule has 1 aliphatic carbocycles. The van der Waals surface area contributed by atoms with Crippen LogP contribution in [0.25, 0.3) is 15.9 Å². The Hall–Kier alpha value is -2.06. The predicted octanol–water partition coefficient (Wildman–Crippen LogP) is 3.76. The maximum atomic E-state index is 6.00. The lowest BCUT2D eigenvalue weighted by atomic mass is 10.0. The average Bonchev–Trinajstić information content (AvgIpc) is 3.43. The van der Waals surface area contributed by atoms with E-state index in [1.807, 2.05) is 28.0 Å². The molecule has 1 fully saturated rings. The smallest absolute Gasteiger partial charge is 0.170 e. The molecule has 1 aliphatic heterocycles. The van der Waals surface area contributed by atoms with E-state index in [1.165, 1.54) is 34.2 Å². The third kappa shape index (κ3) is 2.50. The molecule has 0 spiro atoms. The van der Waals surface area contributed by atoms with E-state index in [2.05, 4.69) is 28.0 Å². The number of halogens is 1. The van der Waals surface area contributed by atoms with Gasteiger partial charge in [0.25, 0.3) is 0 Å². The largest absolute Gasteiger partial charge is 0.250 e. The summed E-state index contributed by atoms with van der Waals surface area (Å²) in [7, 11) is 0. The first kappa shape index (κ1) is 15.9. The lowest BCUT2D eigenvalue weighted by molar-refractivity contribution is 0.540. The van der Waals surface area contributed by atoms with Gasteiger partial charge in [0.05, 0.1) is 11.4 Å². The summed E-state index contributed by atoms with van der Waals surface area (Å²) in [5.41, 5.74) is 10.3. The second-order valence-corrected chi connectivity index (χ2v) is 8.72. The van der Waals surface area contributed by atoms with E-state index < -0.39 is 0 Å². The normalized spacial score (nSPS) is 22.1. The first-order valence-corrected chi connectivity index (χ1v) is 10.4. The monoisotopic (exact) mass is 396 g/mol. The quantitative estimate of drug-likeness (QED) is 0.540. The predicted molar refractivity (Wildman–Crippen MR) is 106 cm³/mol. The summed E-state index contributed by atoms with van der Waals surface area (Å²) in [5, 5.41) is 6.67. The molecule has 27 heavy (non-hydrogen) atoms. The van der Waals surface area contributed by atoms with Crippen molar-refractivity contribution in [3.63, 3.8) is 0 Å². The Morgan fingerprint density at radius 2 is 1.96 bits per heavy atom. The molecule has 6 nitrogen and oxygen atoms in total. The highest BCUT2D eigenvalue weighted by Crippen LogP contribution is 2.38. The summed E-state index contributed by atoms with van der Waals surface area (Å²) >= 11 is 7.81. The Labute approximate surface area is 164 Å². The van der Waals surface area contributed by atoms with E-state index in [4.69, 9.17) is 21.7 Å². The van der Waals surface area contributed by atoms with Gasteiger partial charge >= 0.3 is 0 Å². The number of nitrogens with one attached hydrogen (secondary N) is 2. The maximum Gasteiger partial charge on any atom is 0.170 e. The standard InChI is InChI=1S/C19H17ClN6S/c20-11-6-4-10(5-7-11)13-8-14(24-23-13)17-22-18-16-12-2-1-3-15(12)27-19(16)21-9-26(18)25-17/h4-7,9,13-14,23-24H,1-3,8H2. The van der Waals surface area contributed by atoms with Gasteiger partial charge < -0.3 is 0 Å². The molecule has 2 unspecified atom stereocenters. The van der Waals surface area contributed by atoms with Gasteiger partial charge in [-0.3, -0.25) is 0 Å². The average molecular weight is 397 g/mol. The van der Waals surface area contributed by atoms with Crippen LogP contribution in [0.4, 0.5) is 0 Å². The Morgan fingerprint density at radius 3 is 2.85 bits per heavy atom. The number of hydrazine groups is 1. The van der Waals surface area contributed by atoms with Crippen molar-refractivity contribution in [1.82, 2.24) is 30.4 Å². The van der Waals surface area contributed by atoms with Crippen molar-refractivity contribution < 1.29 is 0 Å². The number of hydrogen-bond donors (Lipinski definition) is 2. The van der Waals surface area contributed by atoms with Gasteiger partial charge in [0.15, 0.2) is 11.5 Å². The fraction of sp³-hybridized carbons (Fsp3) is 0.316. The molecular weight excluding hydrogens is 380 g/mol. The molecule has 136 valence electrons. The van der Waals surface area contributed by atoms with Gasteiger partial charge in [0.1, 0.15) is 11.2 Å². The number of aryl methyl sites for hydroxylation is 2. The molecule has 3 aromatic heterocycles. The van der Waals surface area contributed by atoms with Crippen LogP contribution in [-0.4, -0.2) is 19.6 Å². The third-order valence-electron chi connectivity index (χ3n) is 5.55. The Morgan fingerprint density at radius 1 is 1.11 bits per heavy atom. The van der Waals surface area contributed by atoms with Crippen molar-refractivity contribution in [2.45, 2.75) is 37.8 Å². The van der Waals surface area contributed by atoms with Crippen molar-refractivity contribution in [1.29, 1.82) is 0 Å². The summed E-state index contributed by atoms with van der Waals surface area (Å²) in [6.45, 7) is 0. The van der Waals surface area contributed by atoms with Gasteiger partial charge in [0.2, 0.25) is 0 Å². The second-order valence-electron chi connectivity index (χ2n) is 7.20. The van der Waals surface area contributed by atoms with Crippen LogP contribution in [0.5, 0.6) is 0 Å². The van der Waals surface area contributed by atoms with Gasteiger partial charge in [-0.25, -0.2) is 25.3 Å². The van der Waals surface area contributed by atoms with Gasteiger partial charge in [-0.1, -0.05) is 23.7 Å². The summed E-state index contributed by atoms with van der Waals surface area (Å²) < 4.78 is 1.83. The maximum absolute atomic E-state index is 6.00. The molecule has 0 amide bonds. The Kier molecular flexibility index (Phi) is 3.53. The van der Waals surface area contributed by atoms with Crippen LogP contribution in [0.1, 0.15) is 46.8 Å². The van der Waals surface area contributed by atoms with Crippen molar-refractivity contribution in [2.24, 2.45) is 0 Å². The van der Waals surface area contributed by atoms with Crippen molar-refractivity contribution in [3.05, 3.63) is 57.4 Å². The fourth-order valence-electron chi connectivity index (χ4n) is 4.20. The van der Waals surface area contributed by atoms with Crippen LogP contribution in [0, 0.1) is 0 Å². The molecule has 4 heterocycles. The zero-order valence-electron chi connectivity index (χ0n) is 14.4. The highest BCUT2D eigenvalue weighted by molar-refractivity contribution is 7.19. The number of fused-ring (bicyclic) bond motifs is 5. The molecular formula is C19H17ClN6S. The van der Waals surface area contributed by atoms with Crippen LogP contribution < -0.4 is 10.9 Å². The van der Waals surface area contributed by atoms with Gasteiger partial charge in [-0.15, -0.1) is 16.4 Å². The molecule has 0 radical (unpaired) electrons. The minimum absolute atomic E-state index is 0.0623. The summed E-state index contributed by atoms with van der Waals surface area (Å²) in [4.78, 5) is 12.1. The second kappa shape index (κ2) is 5.97. The molecule has 0 saturated carbocycles. The molecule has 2 aliphatic rings. The van der Waals surface area contributed by atoms with Crippen LogP contribution in [-0.2, 0) is 12.8 Å². The zero-order chi connectivity index (χ0) is 18.0. The highest BCUT2D eigenvalue weighted by atomic mass is 35.5.